The molecule has 2 aromatic heterocycles. The molecule has 114 valence electrons. The normalized spacial score (nSPS) is 17.5. The van der Waals surface area contributed by atoms with Gasteiger partial charge in [0.05, 0.1) is 18.1 Å². The van der Waals surface area contributed by atoms with Gasteiger partial charge in [-0.3, -0.25) is 9.58 Å². The van der Waals surface area contributed by atoms with Crippen LogP contribution < -0.4 is 11.3 Å². The molecule has 0 saturated carbocycles. The SMILES string of the molecule is Cn1ncc2c(NN)nc(CN3CCC(CO)CC3)nc21. The first-order chi connectivity index (χ1) is 10.2. The van der Waals surface area contributed by atoms with Crippen LogP contribution in [0.5, 0.6) is 0 Å². The monoisotopic (exact) mass is 291 g/mol. The van der Waals surface area contributed by atoms with Gasteiger partial charge < -0.3 is 10.5 Å². The fourth-order valence-electron chi connectivity index (χ4n) is 2.78. The van der Waals surface area contributed by atoms with Crippen LogP contribution in [0.4, 0.5) is 5.82 Å². The lowest BCUT2D eigenvalue weighted by atomic mass is 9.98. The van der Waals surface area contributed by atoms with Crippen molar-refractivity contribution in [2.24, 2.45) is 18.8 Å². The van der Waals surface area contributed by atoms with E-state index in [1.165, 1.54) is 0 Å². The molecule has 3 rings (SSSR count). The summed E-state index contributed by atoms with van der Waals surface area (Å²) < 4.78 is 1.72. The van der Waals surface area contributed by atoms with Crippen LogP contribution in [0.1, 0.15) is 18.7 Å². The van der Waals surface area contributed by atoms with Crippen LogP contribution in [-0.4, -0.2) is 49.5 Å². The van der Waals surface area contributed by atoms with Gasteiger partial charge in [-0.1, -0.05) is 0 Å². The van der Waals surface area contributed by atoms with E-state index in [9.17, 15) is 5.11 Å². The number of piperidine rings is 1. The Morgan fingerprint density at radius 2 is 2.14 bits per heavy atom. The van der Waals surface area contributed by atoms with Crippen LogP contribution in [-0.2, 0) is 13.6 Å². The first-order valence-corrected chi connectivity index (χ1v) is 7.19. The Balaban J connectivity index is 1.79. The number of aliphatic hydroxyl groups excluding tert-OH is 1. The van der Waals surface area contributed by atoms with Crippen LogP contribution in [0.15, 0.2) is 6.20 Å². The molecule has 0 bridgehead atoms. The van der Waals surface area contributed by atoms with E-state index in [0.717, 1.165) is 42.8 Å². The van der Waals surface area contributed by atoms with Crippen LogP contribution in [0.25, 0.3) is 11.0 Å². The summed E-state index contributed by atoms with van der Waals surface area (Å²) in [6.45, 7) is 2.90. The van der Waals surface area contributed by atoms with Gasteiger partial charge in [-0.05, 0) is 31.8 Å². The number of nitrogens with two attached hydrogens (primary N) is 1. The number of rotatable bonds is 4. The van der Waals surface area contributed by atoms with Gasteiger partial charge in [0.2, 0.25) is 0 Å². The van der Waals surface area contributed by atoms with Gasteiger partial charge in [0.1, 0.15) is 5.82 Å². The third-order valence-electron chi connectivity index (χ3n) is 4.11. The average Bonchev–Trinajstić information content (AvgIpc) is 2.89. The maximum Gasteiger partial charge on any atom is 0.163 e. The molecule has 0 aromatic carbocycles. The van der Waals surface area contributed by atoms with Gasteiger partial charge in [-0.25, -0.2) is 15.8 Å². The molecule has 0 atom stereocenters. The first-order valence-electron chi connectivity index (χ1n) is 7.19. The van der Waals surface area contributed by atoms with Crippen molar-refractivity contribution >= 4 is 16.9 Å². The predicted molar refractivity (Wildman–Crippen MR) is 79.2 cm³/mol. The molecule has 0 amide bonds. The fourth-order valence-corrected chi connectivity index (χ4v) is 2.78. The van der Waals surface area contributed by atoms with E-state index in [1.807, 2.05) is 7.05 Å². The molecule has 8 heteroatoms. The molecular formula is C13H21N7O. The van der Waals surface area contributed by atoms with Crippen LogP contribution in [0, 0.1) is 5.92 Å². The maximum atomic E-state index is 9.19. The summed E-state index contributed by atoms with van der Waals surface area (Å²) in [6.07, 6.45) is 3.75. The molecule has 4 N–H and O–H groups in total. The van der Waals surface area contributed by atoms with E-state index in [4.69, 9.17) is 5.84 Å². The molecule has 0 radical (unpaired) electrons. The molecule has 1 aliphatic heterocycles. The van der Waals surface area contributed by atoms with E-state index in [0.29, 0.717) is 18.3 Å². The second-order valence-electron chi connectivity index (χ2n) is 5.54. The van der Waals surface area contributed by atoms with Gasteiger partial charge in [-0.15, -0.1) is 0 Å². The Morgan fingerprint density at radius 3 is 2.81 bits per heavy atom. The number of nitrogens with one attached hydrogen (secondary N) is 1. The zero-order valence-corrected chi connectivity index (χ0v) is 12.2. The van der Waals surface area contributed by atoms with Gasteiger partial charge in [0.25, 0.3) is 0 Å². The van der Waals surface area contributed by atoms with Crippen molar-refractivity contribution in [3.05, 3.63) is 12.0 Å². The van der Waals surface area contributed by atoms with Crippen molar-refractivity contribution in [1.82, 2.24) is 24.6 Å². The largest absolute Gasteiger partial charge is 0.396 e. The number of hydrazine groups is 1. The van der Waals surface area contributed by atoms with Crippen molar-refractivity contribution < 1.29 is 5.11 Å². The molecule has 0 aliphatic carbocycles. The van der Waals surface area contributed by atoms with Crippen molar-refractivity contribution in [3.63, 3.8) is 0 Å². The van der Waals surface area contributed by atoms with Gasteiger partial charge in [0.15, 0.2) is 11.5 Å². The van der Waals surface area contributed by atoms with Crippen LogP contribution in [0.3, 0.4) is 0 Å². The fraction of sp³-hybridized carbons (Fsp3) is 0.615. The summed E-state index contributed by atoms with van der Waals surface area (Å²) in [7, 11) is 1.85. The standard InChI is InChI=1S/C13H21N7O/c1-19-13-10(6-15-19)12(18-14)16-11(17-13)7-20-4-2-9(8-21)3-5-20/h6,9,21H,2-5,7-8,14H2,1H3,(H,16,17,18). The number of nitrogens with zero attached hydrogens (tertiary/aromatic N) is 5. The van der Waals surface area contributed by atoms with Crippen molar-refractivity contribution in [2.45, 2.75) is 19.4 Å². The highest BCUT2D eigenvalue weighted by Crippen LogP contribution is 2.21. The third-order valence-corrected chi connectivity index (χ3v) is 4.11. The minimum absolute atomic E-state index is 0.284. The van der Waals surface area contributed by atoms with Crippen LogP contribution in [0.2, 0.25) is 0 Å². The lowest BCUT2D eigenvalue weighted by Crippen LogP contribution is -2.34. The number of nitrogen functional groups attached to an aromatic ring is 1. The number of fused-ring (bicyclic) bond motifs is 1. The molecule has 1 saturated heterocycles. The molecule has 8 nitrogen and oxygen atoms in total. The predicted octanol–water partition coefficient (Wildman–Crippen LogP) is -0.147. The molecule has 0 unspecified atom stereocenters. The Kier molecular flexibility index (Phi) is 4.00. The Morgan fingerprint density at radius 1 is 1.38 bits per heavy atom. The van der Waals surface area contributed by atoms with Crippen molar-refractivity contribution in [1.29, 1.82) is 0 Å². The molecule has 3 heterocycles. The summed E-state index contributed by atoms with van der Waals surface area (Å²) >= 11 is 0. The molecule has 0 spiro atoms. The van der Waals surface area contributed by atoms with E-state index in [2.05, 4.69) is 25.4 Å². The number of aliphatic hydroxyl groups is 1. The highest BCUT2D eigenvalue weighted by molar-refractivity contribution is 5.86. The molecule has 2 aromatic rings. The maximum absolute atomic E-state index is 9.19. The van der Waals surface area contributed by atoms with E-state index in [-0.39, 0.29) is 6.61 Å². The number of likely N-dealkylation sites (tertiary alicyclic amines) is 1. The van der Waals surface area contributed by atoms with E-state index in [1.54, 1.807) is 10.9 Å². The Hall–Kier alpha value is -1.77. The van der Waals surface area contributed by atoms with Crippen molar-refractivity contribution in [3.8, 4) is 0 Å². The summed E-state index contributed by atoms with van der Waals surface area (Å²) in [4.78, 5) is 11.4. The van der Waals surface area contributed by atoms with E-state index >= 15 is 0 Å². The lowest BCUT2D eigenvalue weighted by Gasteiger charge is -2.30. The van der Waals surface area contributed by atoms with Gasteiger partial charge in [-0.2, -0.15) is 5.10 Å². The minimum atomic E-state index is 0.284. The second kappa shape index (κ2) is 5.92. The average molecular weight is 291 g/mol. The number of aromatic nitrogens is 4. The number of anilines is 1. The summed E-state index contributed by atoms with van der Waals surface area (Å²) in [5.41, 5.74) is 3.40. The highest BCUT2D eigenvalue weighted by atomic mass is 16.3. The molecular weight excluding hydrogens is 270 g/mol. The van der Waals surface area contributed by atoms with Gasteiger partial charge in [0, 0.05) is 13.7 Å². The summed E-state index contributed by atoms with van der Waals surface area (Å²) in [5.74, 6) is 7.32. The quantitative estimate of drug-likeness (QED) is 0.531. The number of hydrogen-bond donors (Lipinski definition) is 3. The zero-order valence-electron chi connectivity index (χ0n) is 12.2. The number of aryl methyl sites for hydroxylation is 1. The minimum Gasteiger partial charge on any atom is -0.396 e. The number of hydrogen-bond acceptors (Lipinski definition) is 7. The lowest BCUT2D eigenvalue weighted by molar-refractivity contribution is 0.125. The van der Waals surface area contributed by atoms with Crippen molar-refractivity contribution in [2.75, 3.05) is 25.1 Å². The molecule has 1 aliphatic rings. The van der Waals surface area contributed by atoms with Gasteiger partial charge >= 0.3 is 0 Å². The second-order valence-corrected chi connectivity index (χ2v) is 5.54. The third kappa shape index (κ3) is 2.82. The Labute approximate surface area is 122 Å². The summed E-state index contributed by atoms with van der Waals surface area (Å²) in [6, 6.07) is 0. The molecule has 1 fully saturated rings. The smallest absolute Gasteiger partial charge is 0.163 e. The van der Waals surface area contributed by atoms with E-state index < -0.39 is 0 Å². The molecule has 21 heavy (non-hydrogen) atoms. The highest BCUT2D eigenvalue weighted by Gasteiger charge is 2.20. The summed E-state index contributed by atoms with van der Waals surface area (Å²) in [5, 5.41) is 14.2. The first kappa shape index (κ1) is 14.2. The van der Waals surface area contributed by atoms with Crippen LogP contribution >= 0.6 is 0 Å². The topological polar surface area (TPSA) is 105 Å². The Bertz CT molecular complexity index is 618. The zero-order chi connectivity index (χ0) is 14.8.